The van der Waals surface area contributed by atoms with Crippen LogP contribution in [0, 0.1) is 6.92 Å². The van der Waals surface area contributed by atoms with E-state index in [0.717, 1.165) is 30.7 Å². The molecule has 0 bridgehead atoms. The highest BCUT2D eigenvalue weighted by atomic mass is 35.5. The molecule has 1 heterocycles. The second kappa shape index (κ2) is 8.39. The highest BCUT2D eigenvalue weighted by molar-refractivity contribution is 8.00. The summed E-state index contributed by atoms with van der Waals surface area (Å²) < 4.78 is 1.47. The van der Waals surface area contributed by atoms with E-state index < -0.39 is 0 Å². The first-order chi connectivity index (χ1) is 11.4. The average molecular weight is 368 g/mol. The van der Waals surface area contributed by atoms with Gasteiger partial charge in [0.25, 0.3) is 0 Å². The number of aryl methyl sites for hydroxylation is 2. The van der Waals surface area contributed by atoms with Gasteiger partial charge in [0.15, 0.2) is 5.82 Å². The van der Waals surface area contributed by atoms with Crippen LogP contribution in [0.15, 0.2) is 23.4 Å². The highest BCUT2D eigenvalue weighted by Gasteiger charge is 2.19. The molecule has 0 saturated carbocycles. The van der Waals surface area contributed by atoms with Crippen molar-refractivity contribution in [1.29, 1.82) is 0 Å². The third kappa shape index (κ3) is 4.64. The quantitative estimate of drug-likeness (QED) is 0.578. The van der Waals surface area contributed by atoms with Gasteiger partial charge >= 0.3 is 0 Å². The Morgan fingerprint density at radius 1 is 1.46 bits per heavy atom. The minimum atomic E-state index is -0.365. The summed E-state index contributed by atoms with van der Waals surface area (Å²) in [5.74, 6) is 6.60. The van der Waals surface area contributed by atoms with E-state index in [4.69, 9.17) is 17.4 Å². The number of thioether (sulfide) groups is 1. The molecule has 2 rings (SSSR count). The smallest absolute Gasteiger partial charge is 0.237 e. The first kappa shape index (κ1) is 18.6. The number of unbranched alkanes of at least 4 members (excludes halogenated alkanes) is 1. The molecule has 0 aliphatic heterocycles. The minimum absolute atomic E-state index is 0.141. The summed E-state index contributed by atoms with van der Waals surface area (Å²) in [4.78, 5) is 12.3. The second-order valence-electron chi connectivity index (χ2n) is 5.59. The maximum atomic E-state index is 12.3. The van der Waals surface area contributed by atoms with Crippen LogP contribution in [0.4, 0.5) is 5.69 Å². The van der Waals surface area contributed by atoms with Crippen molar-refractivity contribution in [2.45, 2.75) is 50.4 Å². The molecular formula is C16H22ClN5OS. The molecule has 0 unspecified atom stereocenters. The number of nitrogens with zero attached hydrogens (tertiary/aromatic N) is 3. The molecule has 130 valence electrons. The summed E-state index contributed by atoms with van der Waals surface area (Å²) in [5, 5.41) is 11.8. The summed E-state index contributed by atoms with van der Waals surface area (Å²) >= 11 is 7.36. The van der Waals surface area contributed by atoms with Crippen LogP contribution in [0.3, 0.4) is 0 Å². The number of rotatable bonds is 7. The normalized spacial score (nSPS) is 12.2. The van der Waals surface area contributed by atoms with E-state index in [0.29, 0.717) is 15.9 Å². The van der Waals surface area contributed by atoms with Crippen molar-refractivity contribution in [1.82, 2.24) is 14.9 Å². The van der Waals surface area contributed by atoms with Crippen LogP contribution in [0.5, 0.6) is 0 Å². The van der Waals surface area contributed by atoms with E-state index in [2.05, 4.69) is 22.4 Å². The summed E-state index contributed by atoms with van der Waals surface area (Å²) in [5.41, 5.74) is 1.63. The molecule has 1 atom stereocenters. The van der Waals surface area contributed by atoms with Gasteiger partial charge in [-0.3, -0.25) is 4.79 Å². The molecule has 1 aromatic heterocycles. The molecule has 1 aromatic carbocycles. The maximum absolute atomic E-state index is 12.3. The van der Waals surface area contributed by atoms with Crippen LogP contribution in [-0.4, -0.2) is 26.0 Å². The Bertz CT molecular complexity index is 718. The molecule has 24 heavy (non-hydrogen) atoms. The molecule has 0 fully saturated rings. The van der Waals surface area contributed by atoms with E-state index >= 15 is 0 Å². The van der Waals surface area contributed by atoms with E-state index in [1.54, 1.807) is 13.0 Å². The fraction of sp³-hybridized carbons (Fsp3) is 0.438. The number of anilines is 1. The molecule has 8 heteroatoms. The molecule has 0 saturated heterocycles. The van der Waals surface area contributed by atoms with Gasteiger partial charge in [0.05, 0.1) is 5.25 Å². The molecule has 6 nitrogen and oxygen atoms in total. The molecule has 0 aliphatic carbocycles. The van der Waals surface area contributed by atoms with E-state index in [-0.39, 0.29) is 11.2 Å². The molecule has 0 spiro atoms. The van der Waals surface area contributed by atoms with Gasteiger partial charge in [0.2, 0.25) is 11.1 Å². The van der Waals surface area contributed by atoms with Crippen molar-refractivity contribution in [2.24, 2.45) is 0 Å². The zero-order valence-electron chi connectivity index (χ0n) is 14.0. The Balaban J connectivity index is 1.98. The number of hydrogen-bond donors (Lipinski definition) is 2. The third-order valence-corrected chi connectivity index (χ3v) is 5.04. The Kier molecular flexibility index (Phi) is 6.51. The third-order valence-electron chi connectivity index (χ3n) is 3.58. The Hall–Kier alpha value is -1.73. The van der Waals surface area contributed by atoms with Gasteiger partial charge in [-0.05, 0) is 38.0 Å². The number of nitrogens with one attached hydrogen (secondary N) is 1. The van der Waals surface area contributed by atoms with Crippen molar-refractivity contribution in [3.63, 3.8) is 0 Å². The first-order valence-corrected chi connectivity index (χ1v) is 9.11. The van der Waals surface area contributed by atoms with Crippen molar-refractivity contribution >= 4 is 35.0 Å². The largest absolute Gasteiger partial charge is 0.336 e. The van der Waals surface area contributed by atoms with Crippen LogP contribution in [0.2, 0.25) is 5.02 Å². The number of nitrogen functional groups attached to an aromatic ring is 1. The van der Waals surface area contributed by atoms with Crippen LogP contribution in [0.25, 0.3) is 0 Å². The van der Waals surface area contributed by atoms with Gasteiger partial charge in [-0.15, -0.1) is 10.2 Å². The number of halogens is 1. The Morgan fingerprint density at radius 3 is 2.88 bits per heavy atom. The molecule has 0 aliphatic rings. The van der Waals surface area contributed by atoms with Crippen LogP contribution in [-0.2, 0) is 11.2 Å². The van der Waals surface area contributed by atoms with E-state index in [9.17, 15) is 4.79 Å². The van der Waals surface area contributed by atoms with Crippen molar-refractivity contribution < 1.29 is 4.79 Å². The standard InChI is InChI=1S/C16H22ClN5OS/c1-4-5-6-14-20-21-16(22(14)18)24-11(3)15(23)19-12-8-7-10(2)13(17)9-12/h7-9,11H,4-6,18H2,1-3H3,(H,19,23)/t11-/m0/s1. The molecule has 3 N–H and O–H groups in total. The lowest BCUT2D eigenvalue weighted by Gasteiger charge is -2.12. The fourth-order valence-electron chi connectivity index (χ4n) is 2.02. The first-order valence-electron chi connectivity index (χ1n) is 7.85. The predicted molar refractivity (Wildman–Crippen MR) is 98.9 cm³/mol. The number of benzene rings is 1. The average Bonchev–Trinajstić information content (AvgIpc) is 2.89. The molecular weight excluding hydrogens is 346 g/mol. The van der Waals surface area contributed by atoms with Crippen molar-refractivity contribution in [3.05, 3.63) is 34.6 Å². The van der Waals surface area contributed by atoms with Gasteiger partial charge in [-0.25, -0.2) is 4.68 Å². The number of carbonyl (C=O) groups excluding carboxylic acids is 1. The summed E-state index contributed by atoms with van der Waals surface area (Å²) in [6.45, 7) is 5.82. The lowest BCUT2D eigenvalue weighted by atomic mass is 10.2. The highest BCUT2D eigenvalue weighted by Crippen LogP contribution is 2.24. The maximum Gasteiger partial charge on any atom is 0.237 e. The zero-order chi connectivity index (χ0) is 17.7. The van der Waals surface area contributed by atoms with Gasteiger partial charge in [0, 0.05) is 17.1 Å². The Labute approximate surface area is 151 Å². The molecule has 2 aromatic rings. The lowest BCUT2D eigenvalue weighted by Crippen LogP contribution is -2.24. The zero-order valence-corrected chi connectivity index (χ0v) is 15.6. The van der Waals surface area contributed by atoms with Gasteiger partial charge < -0.3 is 11.2 Å². The SMILES string of the molecule is CCCCc1nnc(S[C@@H](C)C(=O)Nc2ccc(C)c(Cl)c2)n1N. The van der Waals surface area contributed by atoms with Gasteiger partial charge in [-0.2, -0.15) is 0 Å². The van der Waals surface area contributed by atoms with Crippen LogP contribution in [0.1, 0.15) is 38.1 Å². The molecule has 1 amide bonds. The lowest BCUT2D eigenvalue weighted by molar-refractivity contribution is -0.115. The summed E-state index contributed by atoms with van der Waals surface area (Å²) in [6, 6.07) is 5.43. The van der Waals surface area contributed by atoms with E-state index in [1.807, 2.05) is 19.1 Å². The fourth-order valence-corrected chi connectivity index (χ4v) is 2.99. The number of carbonyl (C=O) groups is 1. The van der Waals surface area contributed by atoms with Gasteiger partial charge in [-0.1, -0.05) is 42.8 Å². The molecule has 0 radical (unpaired) electrons. The number of amides is 1. The van der Waals surface area contributed by atoms with Crippen molar-refractivity contribution in [3.8, 4) is 0 Å². The van der Waals surface area contributed by atoms with E-state index in [1.165, 1.54) is 16.4 Å². The van der Waals surface area contributed by atoms with Crippen LogP contribution < -0.4 is 11.2 Å². The number of nitrogens with two attached hydrogens (primary N) is 1. The van der Waals surface area contributed by atoms with Crippen molar-refractivity contribution in [2.75, 3.05) is 11.2 Å². The summed E-state index contributed by atoms with van der Waals surface area (Å²) in [7, 11) is 0. The van der Waals surface area contributed by atoms with Gasteiger partial charge in [0.1, 0.15) is 0 Å². The monoisotopic (exact) mass is 367 g/mol. The Morgan fingerprint density at radius 2 is 2.21 bits per heavy atom. The number of aromatic nitrogens is 3. The minimum Gasteiger partial charge on any atom is -0.336 e. The second-order valence-corrected chi connectivity index (χ2v) is 7.30. The topological polar surface area (TPSA) is 85.8 Å². The predicted octanol–water partition coefficient (Wildman–Crippen LogP) is 3.42. The summed E-state index contributed by atoms with van der Waals surface area (Å²) in [6.07, 6.45) is 2.85. The van der Waals surface area contributed by atoms with Crippen LogP contribution >= 0.6 is 23.4 Å². The number of hydrogen-bond acceptors (Lipinski definition) is 5.